The van der Waals surface area contributed by atoms with Gasteiger partial charge in [-0.2, -0.15) is 5.10 Å². The smallest absolute Gasteiger partial charge is 0.267 e. The van der Waals surface area contributed by atoms with Gasteiger partial charge in [-0.25, -0.2) is 5.43 Å². The quantitative estimate of drug-likeness (QED) is 0.638. The average Bonchev–Trinajstić information content (AvgIpc) is 2.51. The molecule has 0 heterocycles. The number of carbonyl (C=O) groups excluding carboxylic acids is 1. The zero-order chi connectivity index (χ0) is 17.0. The molecule has 3 nitrogen and oxygen atoms in total. The van der Waals surface area contributed by atoms with Gasteiger partial charge in [-0.1, -0.05) is 56.6 Å². The van der Waals surface area contributed by atoms with E-state index in [4.69, 9.17) is 11.6 Å². The second-order valence-corrected chi connectivity index (χ2v) is 6.91. The highest BCUT2D eigenvalue weighted by Crippen LogP contribution is 2.22. The summed E-state index contributed by atoms with van der Waals surface area (Å²) in [6.07, 6.45) is 0. The highest BCUT2D eigenvalue weighted by Gasteiger charge is 2.14. The standard InChI is InChI=1S/C19H21ClN2O/c1-13(15-6-5-7-17(20)12-15)21-22-18(23)14-8-10-16(11-9-14)19(2,3)4/h5-12H,1-4H3,(H,22,23)/b21-13-. The van der Waals surface area contributed by atoms with E-state index in [-0.39, 0.29) is 11.3 Å². The fourth-order valence-electron chi connectivity index (χ4n) is 2.10. The van der Waals surface area contributed by atoms with E-state index in [1.165, 1.54) is 5.56 Å². The van der Waals surface area contributed by atoms with Gasteiger partial charge in [0.2, 0.25) is 0 Å². The largest absolute Gasteiger partial charge is 0.271 e. The first-order chi connectivity index (χ1) is 10.8. The molecule has 1 N–H and O–H groups in total. The molecule has 0 atom stereocenters. The molecule has 0 aliphatic carbocycles. The number of benzene rings is 2. The van der Waals surface area contributed by atoms with Crippen LogP contribution in [-0.4, -0.2) is 11.6 Å². The Labute approximate surface area is 142 Å². The van der Waals surface area contributed by atoms with Gasteiger partial charge in [0, 0.05) is 10.6 Å². The summed E-state index contributed by atoms with van der Waals surface area (Å²) in [6.45, 7) is 8.25. The molecule has 120 valence electrons. The van der Waals surface area contributed by atoms with Gasteiger partial charge in [0.25, 0.3) is 5.91 Å². The Balaban J connectivity index is 2.08. The first kappa shape index (κ1) is 17.2. The number of hydrogen-bond acceptors (Lipinski definition) is 2. The number of halogens is 1. The average molecular weight is 329 g/mol. The molecule has 0 unspecified atom stereocenters. The molecule has 0 fully saturated rings. The van der Waals surface area contributed by atoms with Crippen molar-refractivity contribution in [1.82, 2.24) is 5.43 Å². The van der Waals surface area contributed by atoms with Crippen molar-refractivity contribution < 1.29 is 4.79 Å². The van der Waals surface area contributed by atoms with Crippen LogP contribution in [0.1, 0.15) is 49.2 Å². The molecule has 2 aromatic rings. The van der Waals surface area contributed by atoms with E-state index in [0.29, 0.717) is 16.3 Å². The lowest BCUT2D eigenvalue weighted by Crippen LogP contribution is -2.20. The maximum Gasteiger partial charge on any atom is 0.271 e. The third kappa shape index (κ3) is 4.67. The maximum atomic E-state index is 12.2. The van der Waals surface area contributed by atoms with E-state index in [1.54, 1.807) is 6.07 Å². The van der Waals surface area contributed by atoms with Crippen LogP contribution in [0.3, 0.4) is 0 Å². The molecular formula is C19H21ClN2O. The monoisotopic (exact) mass is 328 g/mol. The number of hydrazone groups is 1. The van der Waals surface area contributed by atoms with Crippen LogP contribution >= 0.6 is 11.6 Å². The molecule has 4 heteroatoms. The predicted molar refractivity (Wildman–Crippen MR) is 96.3 cm³/mol. The van der Waals surface area contributed by atoms with Crippen molar-refractivity contribution in [3.05, 3.63) is 70.2 Å². The number of nitrogens with zero attached hydrogens (tertiary/aromatic N) is 1. The van der Waals surface area contributed by atoms with Crippen LogP contribution in [0.2, 0.25) is 5.02 Å². The van der Waals surface area contributed by atoms with E-state index < -0.39 is 0 Å². The minimum Gasteiger partial charge on any atom is -0.267 e. The molecule has 0 bridgehead atoms. The lowest BCUT2D eigenvalue weighted by atomic mass is 9.87. The summed E-state index contributed by atoms with van der Waals surface area (Å²) < 4.78 is 0. The third-order valence-electron chi connectivity index (χ3n) is 3.58. The minimum absolute atomic E-state index is 0.0658. The maximum absolute atomic E-state index is 12.2. The molecular weight excluding hydrogens is 308 g/mol. The number of amides is 1. The van der Waals surface area contributed by atoms with Gasteiger partial charge in [0.1, 0.15) is 0 Å². The number of rotatable bonds is 3. The third-order valence-corrected chi connectivity index (χ3v) is 3.82. The Bertz CT molecular complexity index is 728. The van der Waals surface area contributed by atoms with E-state index >= 15 is 0 Å². The minimum atomic E-state index is -0.230. The number of nitrogens with one attached hydrogen (secondary N) is 1. The summed E-state index contributed by atoms with van der Waals surface area (Å²) in [5, 5.41) is 4.78. The summed E-state index contributed by atoms with van der Waals surface area (Å²) in [6, 6.07) is 14.9. The van der Waals surface area contributed by atoms with E-state index in [9.17, 15) is 4.79 Å². The van der Waals surface area contributed by atoms with Crippen molar-refractivity contribution >= 4 is 23.2 Å². The van der Waals surface area contributed by atoms with Crippen molar-refractivity contribution in [3.8, 4) is 0 Å². The Hall–Kier alpha value is -2.13. The van der Waals surface area contributed by atoms with E-state index in [1.807, 2.05) is 49.4 Å². The molecule has 0 saturated heterocycles. The van der Waals surface area contributed by atoms with Crippen molar-refractivity contribution in [2.24, 2.45) is 5.10 Å². The van der Waals surface area contributed by atoms with Gasteiger partial charge >= 0.3 is 0 Å². The fraction of sp³-hybridized carbons (Fsp3) is 0.263. The van der Waals surface area contributed by atoms with Crippen LogP contribution < -0.4 is 5.43 Å². The lowest BCUT2D eigenvalue weighted by Gasteiger charge is -2.18. The SMILES string of the molecule is C/C(=N/NC(=O)c1ccc(C(C)(C)C)cc1)c1cccc(Cl)c1. The predicted octanol–water partition coefficient (Wildman–Crippen LogP) is 4.79. The zero-order valence-corrected chi connectivity index (χ0v) is 14.6. The normalized spacial score (nSPS) is 12.1. The molecule has 2 aromatic carbocycles. The van der Waals surface area contributed by atoms with Gasteiger partial charge in [0.05, 0.1) is 5.71 Å². The van der Waals surface area contributed by atoms with Gasteiger partial charge < -0.3 is 0 Å². The highest BCUT2D eigenvalue weighted by atomic mass is 35.5. The van der Waals surface area contributed by atoms with Crippen LogP contribution in [0.5, 0.6) is 0 Å². The summed E-state index contributed by atoms with van der Waals surface area (Å²) in [5.74, 6) is -0.230. The number of carbonyl (C=O) groups is 1. The van der Waals surface area contributed by atoms with Crippen LogP contribution in [0.4, 0.5) is 0 Å². The van der Waals surface area contributed by atoms with Gasteiger partial charge in [-0.3, -0.25) is 4.79 Å². The first-order valence-corrected chi connectivity index (χ1v) is 7.86. The number of hydrogen-bond donors (Lipinski definition) is 1. The van der Waals surface area contributed by atoms with Crippen molar-refractivity contribution in [2.75, 3.05) is 0 Å². The molecule has 0 radical (unpaired) electrons. The van der Waals surface area contributed by atoms with Crippen LogP contribution in [0, 0.1) is 0 Å². The molecule has 0 spiro atoms. The van der Waals surface area contributed by atoms with Crippen molar-refractivity contribution in [1.29, 1.82) is 0 Å². The Kier molecular flexibility index (Phi) is 5.22. The van der Waals surface area contributed by atoms with E-state index in [2.05, 4.69) is 31.3 Å². The molecule has 0 saturated carbocycles. The summed E-state index contributed by atoms with van der Waals surface area (Å²) in [4.78, 5) is 12.2. The second-order valence-electron chi connectivity index (χ2n) is 6.48. The molecule has 1 amide bonds. The Morgan fingerprint density at radius 1 is 1.04 bits per heavy atom. The lowest BCUT2D eigenvalue weighted by molar-refractivity contribution is 0.0955. The highest BCUT2D eigenvalue weighted by molar-refractivity contribution is 6.31. The second kappa shape index (κ2) is 6.97. The van der Waals surface area contributed by atoms with Gasteiger partial charge in [-0.15, -0.1) is 0 Å². The fourth-order valence-corrected chi connectivity index (χ4v) is 2.29. The van der Waals surface area contributed by atoms with Crippen LogP contribution in [0.25, 0.3) is 0 Å². The first-order valence-electron chi connectivity index (χ1n) is 7.48. The Morgan fingerprint density at radius 3 is 2.26 bits per heavy atom. The van der Waals surface area contributed by atoms with Crippen molar-refractivity contribution in [2.45, 2.75) is 33.1 Å². The molecule has 0 aliphatic heterocycles. The van der Waals surface area contributed by atoms with Crippen LogP contribution in [-0.2, 0) is 5.41 Å². The summed E-state index contributed by atoms with van der Waals surface area (Å²) >= 11 is 5.96. The van der Waals surface area contributed by atoms with Gasteiger partial charge in [-0.05, 0) is 47.7 Å². The van der Waals surface area contributed by atoms with Gasteiger partial charge in [0.15, 0.2) is 0 Å². The molecule has 0 aliphatic rings. The van der Waals surface area contributed by atoms with E-state index in [0.717, 1.165) is 5.56 Å². The molecule has 0 aromatic heterocycles. The summed E-state index contributed by atoms with van der Waals surface area (Å²) in [7, 11) is 0. The Morgan fingerprint density at radius 2 is 1.70 bits per heavy atom. The zero-order valence-electron chi connectivity index (χ0n) is 13.9. The molecule has 2 rings (SSSR count). The molecule has 23 heavy (non-hydrogen) atoms. The van der Waals surface area contributed by atoms with Crippen LogP contribution in [0.15, 0.2) is 53.6 Å². The topological polar surface area (TPSA) is 41.5 Å². The van der Waals surface area contributed by atoms with Crippen molar-refractivity contribution in [3.63, 3.8) is 0 Å². The summed E-state index contributed by atoms with van der Waals surface area (Å²) in [5.41, 5.74) is 6.00.